The molecule has 1 unspecified atom stereocenters. The summed E-state index contributed by atoms with van der Waals surface area (Å²) in [7, 11) is 0. The normalized spacial score (nSPS) is 12.8. The van der Waals surface area contributed by atoms with Crippen molar-refractivity contribution < 1.29 is 24.2 Å². The number of aliphatic hydroxyl groups excluding tert-OH is 1. The number of unbranched alkanes of at least 4 members (excludes halogenated alkanes) is 35. The molecule has 1 N–H and O–H groups in total. The first-order valence-electron chi connectivity index (χ1n) is 32.3. The van der Waals surface area contributed by atoms with E-state index in [9.17, 15) is 14.7 Å². The lowest BCUT2D eigenvalue weighted by atomic mass is 10.0. The van der Waals surface area contributed by atoms with Crippen molar-refractivity contribution in [2.45, 2.75) is 322 Å². The molecule has 5 nitrogen and oxygen atoms in total. The minimum Gasteiger partial charge on any atom is -0.462 e. The molecule has 0 heterocycles. The number of rotatable bonds is 59. The summed E-state index contributed by atoms with van der Waals surface area (Å²) in [5.74, 6) is -0.613. The molecular formula is C70H122O5. The molecular weight excluding hydrogens is 921 g/mol. The van der Waals surface area contributed by atoms with Crippen molar-refractivity contribution in [3.63, 3.8) is 0 Å². The third-order valence-electron chi connectivity index (χ3n) is 14.1. The van der Waals surface area contributed by atoms with Gasteiger partial charge in [0.25, 0.3) is 0 Å². The standard InChI is InChI=1S/C70H122O5/c1-3-5-7-9-11-13-15-17-19-21-23-25-27-29-31-33-34-35-37-38-40-42-44-46-48-50-52-54-56-58-60-62-64-69(72)74-67-68(66-71)75-70(73)65-63-61-59-57-55-53-51-49-47-45-43-41-39-36-32-30-28-26-24-22-20-18-16-14-12-10-8-6-4-2/h6,8,12,14,18,20,24,26,30,32,39,41,45,47,51,53,68,71H,3-5,7,9-11,13,15-17,19,21-23,25,27-29,31,33-38,40,42-44,46,48-50,52,54-67H2,1-2H3/b8-6-,14-12-,20-18-,26-24-,32-30-,41-39-,47-45-,53-51-. The van der Waals surface area contributed by atoms with Crippen LogP contribution in [0.25, 0.3) is 0 Å². The Hall–Kier alpha value is -3.18. The monoisotopic (exact) mass is 1040 g/mol. The van der Waals surface area contributed by atoms with Gasteiger partial charge < -0.3 is 14.6 Å². The molecule has 0 aliphatic rings. The Morgan fingerprint density at radius 1 is 0.320 bits per heavy atom. The highest BCUT2D eigenvalue weighted by atomic mass is 16.6. The molecule has 0 saturated heterocycles. The number of aliphatic hydroxyl groups is 1. The van der Waals surface area contributed by atoms with Crippen molar-refractivity contribution in [1.82, 2.24) is 0 Å². The molecule has 0 aliphatic heterocycles. The zero-order valence-electron chi connectivity index (χ0n) is 49.5. The molecule has 1 atom stereocenters. The third-order valence-corrected chi connectivity index (χ3v) is 14.1. The zero-order valence-corrected chi connectivity index (χ0v) is 49.5. The fourth-order valence-electron chi connectivity index (χ4n) is 9.34. The number of carbonyl (C=O) groups is 2. The van der Waals surface area contributed by atoms with Crippen molar-refractivity contribution in [3.8, 4) is 0 Å². The van der Waals surface area contributed by atoms with Crippen LogP contribution in [0.15, 0.2) is 97.2 Å². The first kappa shape index (κ1) is 71.8. The SMILES string of the molecule is CC/C=C\C/C=C\C/C=C\C/C=C\C/C=C\C/C=C\C/C=C\C/C=C\CCCCCCC(=O)OC(CO)COC(=O)CCCCCCCCCCCCCCCCCCCCCCCCCCCCCCCCCC. The molecule has 0 radical (unpaired) electrons. The highest BCUT2D eigenvalue weighted by Gasteiger charge is 2.16. The maximum absolute atomic E-state index is 12.3. The van der Waals surface area contributed by atoms with Crippen molar-refractivity contribution in [1.29, 1.82) is 0 Å². The number of ether oxygens (including phenoxy) is 2. The van der Waals surface area contributed by atoms with Gasteiger partial charge in [0, 0.05) is 12.8 Å². The smallest absolute Gasteiger partial charge is 0.306 e. The molecule has 5 heteroatoms. The Bertz CT molecular complexity index is 1410. The summed E-state index contributed by atoms with van der Waals surface area (Å²) in [6.07, 6.45) is 92.8. The van der Waals surface area contributed by atoms with Crippen LogP contribution in [0, 0.1) is 0 Å². The largest absolute Gasteiger partial charge is 0.462 e. The Kier molecular flexibility index (Phi) is 62.3. The Morgan fingerprint density at radius 3 is 0.867 bits per heavy atom. The summed E-state index contributed by atoms with van der Waals surface area (Å²) in [6, 6.07) is 0. The molecule has 0 aromatic carbocycles. The van der Waals surface area contributed by atoms with Crippen LogP contribution in [0.3, 0.4) is 0 Å². The second kappa shape index (κ2) is 65.1. The number of carbonyl (C=O) groups excluding carboxylic acids is 2. The summed E-state index contributed by atoms with van der Waals surface area (Å²) in [4.78, 5) is 24.6. The van der Waals surface area contributed by atoms with E-state index in [1.54, 1.807) is 0 Å². The van der Waals surface area contributed by atoms with Crippen molar-refractivity contribution >= 4 is 11.9 Å². The predicted molar refractivity (Wildman–Crippen MR) is 329 cm³/mol. The first-order chi connectivity index (χ1) is 37.1. The van der Waals surface area contributed by atoms with E-state index >= 15 is 0 Å². The van der Waals surface area contributed by atoms with Gasteiger partial charge in [0.05, 0.1) is 6.61 Å². The van der Waals surface area contributed by atoms with Gasteiger partial charge in [-0.15, -0.1) is 0 Å². The minimum absolute atomic E-state index is 0.0786. The zero-order chi connectivity index (χ0) is 54.1. The average molecular weight is 1040 g/mol. The van der Waals surface area contributed by atoms with Crippen LogP contribution in [-0.2, 0) is 19.1 Å². The lowest BCUT2D eigenvalue weighted by molar-refractivity contribution is -0.161. The van der Waals surface area contributed by atoms with Crippen molar-refractivity contribution in [3.05, 3.63) is 97.2 Å². The van der Waals surface area contributed by atoms with E-state index in [2.05, 4.69) is 111 Å². The van der Waals surface area contributed by atoms with Gasteiger partial charge in [0.15, 0.2) is 6.10 Å². The summed E-state index contributed by atoms with van der Waals surface area (Å²) < 4.78 is 10.7. The van der Waals surface area contributed by atoms with Gasteiger partial charge in [-0.3, -0.25) is 9.59 Å². The molecule has 0 bridgehead atoms. The summed E-state index contributed by atoms with van der Waals surface area (Å²) in [6.45, 7) is 4.04. The molecule has 0 aromatic rings. The van der Waals surface area contributed by atoms with Gasteiger partial charge in [-0.05, 0) is 77.0 Å². The summed E-state index contributed by atoms with van der Waals surface area (Å²) >= 11 is 0. The highest BCUT2D eigenvalue weighted by Crippen LogP contribution is 2.18. The summed E-state index contributed by atoms with van der Waals surface area (Å²) in [5.41, 5.74) is 0. The quantitative estimate of drug-likeness (QED) is 0.0373. The second-order valence-electron chi connectivity index (χ2n) is 21.5. The molecule has 0 aromatic heterocycles. The van der Waals surface area contributed by atoms with Crippen LogP contribution in [0.4, 0.5) is 0 Å². The third kappa shape index (κ3) is 63.3. The van der Waals surface area contributed by atoms with E-state index in [4.69, 9.17) is 9.47 Å². The fourth-order valence-corrected chi connectivity index (χ4v) is 9.34. The van der Waals surface area contributed by atoms with Crippen LogP contribution in [0.5, 0.6) is 0 Å². The minimum atomic E-state index is -0.792. The van der Waals surface area contributed by atoms with Crippen LogP contribution in [0.2, 0.25) is 0 Å². The lowest BCUT2D eigenvalue weighted by Gasteiger charge is -2.15. The van der Waals surface area contributed by atoms with E-state index in [1.165, 1.54) is 186 Å². The van der Waals surface area contributed by atoms with E-state index in [0.717, 1.165) is 103 Å². The van der Waals surface area contributed by atoms with E-state index < -0.39 is 6.10 Å². The van der Waals surface area contributed by atoms with E-state index in [-0.39, 0.29) is 25.2 Å². The highest BCUT2D eigenvalue weighted by molar-refractivity contribution is 5.70. The van der Waals surface area contributed by atoms with Gasteiger partial charge in [-0.25, -0.2) is 0 Å². The van der Waals surface area contributed by atoms with E-state index in [1.807, 2.05) is 0 Å². The average Bonchev–Trinajstić information content (AvgIpc) is 3.41. The predicted octanol–water partition coefficient (Wildman–Crippen LogP) is 22.3. The van der Waals surface area contributed by atoms with Gasteiger partial charge in [0.1, 0.15) is 6.61 Å². The topological polar surface area (TPSA) is 72.8 Å². The first-order valence-corrected chi connectivity index (χ1v) is 32.3. The number of hydrogen-bond acceptors (Lipinski definition) is 5. The molecule has 0 spiro atoms. The molecule has 0 aliphatic carbocycles. The molecule has 0 fully saturated rings. The maximum Gasteiger partial charge on any atom is 0.306 e. The van der Waals surface area contributed by atoms with Crippen LogP contribution in [0.1, 0.15) is 316 Å². The Labute approximate surface area is 466 Å². The maximum atomic E-state index is 12.3. The van der Waals surface area contributed by atoms with Crippen LogP contribution in [-0.4, -0.2) is 36.4 Å². The fraction of sp³-hybridized carbons (Fsp3) is 0.743. The van der Waals surface area contributed by atoms with E-state index in [0.29, 0.717) is 12.8 Å². The van der Waals surface area contributed by atoms with Gasteiger partial charge >= 0.3 is 11.9 Å². The summed E-state index contributed by atoms with van der Waals surface area (Å²) in [5, 5.41) is 9.68. The molecule has 75 heavy (non-hydrogen) atoms. The van der Waals surface area contributed by atoms with Crippen LogP contribution < -0.4 is 0 Å². The molecule has 0 amide bonds. The van der Waals surface area contributed by atoms with Gasteiger partial charge in [-0.1, -0.05) is 323 Å². The van der Waals surface area contributed by atoms with Gasteiger partial charge in [0.2, 0.25) is 0 Å². The number of hydrogen-bond donors (Lipinski definition) is 1. The van der Waals surface area contributed by atoms with Crippen LogP contribution >= 0.6 is 0 Å². The Morgan fingerprint density at radius 2 is 0.573 bits per heavy atom. The number of esters is 2. The molecule has 0 rings (SSSR count). The molecule has 0 saturated carbocycles. The van der Waals surface area contributed by atoms with Gasteiger partial charge in [-0.2, -0.15) is 0 Å². The lowest BCUT2D eigenvalue weighted by Crippen LogP contribution is -2.28. The Balaban J connectivity index is 3.51. The van der Waals surface area contributed by atoms with Crippen molar-refractivity contribution in [2.24, 2.45) is 0 Å². The molecule has 432 valence electrons. The number of allylic oxidation sites excluding steroid dienone is 16. The second-order valence-corrected chi connectivity index (χ2v) is 21.5. The van der Waals surface area contributed by atoms with Crippen molar-refractivity contribution in [2.75, 3.05) is 13.2 Å².